The van der Waals surface area contributed by atoms with Gasteiger partial charge in [0.05, 0.1) is 15.1 Å². The van der Waals surface area contributed by atoms with Crippen LogP contribution in [0.25, 0.3) is 11.5 Å². The summed E-state index contributed by atoms with van der Waals surface area (Å²) in [6, 6.07) is 0. The molecule has 0 aliphatic rings. The van der Waals surface area contributed by atoms with Crippen LogP contribution < -0.4 is 4.90 Å². The predicted molar refractivity (Wildman–Crippen MR) is 56.7 cm³/mol. The molecule has 0 saturated carbocycles. The highest BCUT2D eigenvalue weighted by Gasteiger charge is 2.63. The van der Waals surface area contributed by atoms with Crippen LogP contribution in [0.1, 0.15) is 6.92 Å². The van der Waals surface area contributed by atoms with E-state index >= 15 is 0 Å². The van der Waals surface area contributed by atoms with Gasteiger partial charge in [-0.2, -0.15) is 5.21 Å². The third-order valence-corrected chi connectivity index (χ3v) is 2.39. The van der Waals surface area contributed by atoms with Gasteiger partial charge in [0.2, 0.25) is 0 Å². The highest BCUT2D eigenvalue weighted by Crippen LogP contribution is 2.23. The Balaban J connectivity index is 2.55. The maximum atomic E-state index is 11.7. The van der Waals surface area contributed by atoms with Crippen molar-refractivity contribution in [1.29, 1.82) is 0 Å². The molecule has 0 unspecified atom stereocenters. The Bertz CT molecular complexity index is 734. The van der Waals surface area contributed by atoms with Crippen LogP contribution in [0.15, 0.2) is 9.74 Å². The fourth-order valence-electron chi connectivity index (χ4n) is 1.14. The minimum atomic E-state index is -3.33. The number of nitrogens with zero attached hydrogens (tertiary/aromatic N) is 9. The summed E-state index contributed by atoms with van der Waals surface area (Å²) in [5.41, 5.74) is -0.622. The van der Waals surface area contributed by atoms with E-state index in [2.05, 4.69) is 30.3 Å². The molecule has 0 aliphatic carbocycles. The first-order valence-electron chi connectivity index (χ1n) is 5.10. The molecular weight excluding hydrogens is 312 g/mol. The van der Waals surface area contributed by atoms with E-state index in [4.69, 9.17) is 0 Å². The molecule has 0 aromatic carbocycles. The third kappa shape index (κ3) is 2.10. The maximum absolute atomic E-state index is 11.7. The molecule has 0 aliphatic heterocycles. The Hall–Kier alpha value is -3.79. The van der Waals surface area contributed by atoms with Crippen molar-refractivity contribution in [3.05, 3.63) is 30.6 Å². The molecule has 0 radical (unpaired) electrons. The van der Waals surface area contributed by atoms with Gasteiger partial charge in [-0.3, -0.25) is 24.9 Å². The minimum Gasteiger partial charge on any atom is -0.589 e. The SMILES string of the molecule is CC([N+](=O)[O-])([N+](=O)[O-])[N+]([O-])=Nc1no[n+]([O-])c1-c1nn[nH]n1. The van der Waals surface area contributed by atoms with Crippen molar-refractivity contribution >= 4 is 5.82 Å². The van der Waals surface area contributed by atoms with Crippen molar-refractivity contribution < 1.29 is 24.2 Å². The standard InChI is InChI=1S/C5H4N10O7/c1-5(14(18)19,15(20)21)13(17)8-4-2(12(16)22-9-4)3-6-10-11-7-3/h1H3,(H,6,7,10,11). The van der Waals surface area contributed by atoms with Gasteiger partial charge in [-0.1, -0.05) is 0 Å². The van der Waals surface area contributed by atoms with Crippen molar-refractivity contribution in [2.45, 2.75) is 12.7 Å². The van der Waals surface area contributed by atoms with E-state index < -0.39 is 37.8 Å². The van der Waals surface area contributed by atoms with E-state index in [1.165, 1.54) is 0 Å². The lowest BCUT2D eigenvalue weighted by Crippen LogP contribution is -2.50. The average molecular weight is 316 g/mol. The number of nitro groups is 2. The Kier molecular flexibility index (Phi) is 3.29. The number of hydrogen-bond acceptors (Lipinski definition) is 12. The molecule has 2 rings (SSSR count). The van der Waals surface area contributed by atoms with E-state index in [9.17, 15) is 30.6 Å². The van der Waals surface area contributed by atoms with Crippen LogP contribution in [0.4, 0.5) is 5.82 Å². The Morgan fingerprint density at radius 1 is 1.32 bits per heavy atom. The second-order valence-corrected chi connectivity index (χ2v) is 3.70. The number of aromatic amines is 1. The Labute approximate surface area is 117 Å². The van der Waals surface area contributed by atoms with Crippen LogP contribution in [0.3, 0.4) is 0 Å². The molecule has 17 nitrogen and oxygen atoms in total. The summed E-state index contributed by atoms with van der Waals surface area (Å²) < 4.78 is 4.14. The number of nitrogens with one attached hydrogen (secondary N) is 1. The normalized spacial score (nSPS) is 12.3. The number of H-pyrrole nitrogens is 1. The lowest BCUT2D eigenvalue weighted by atomic mass is 10.4. The maximum Gasteiger partial charge on any atom is 0.678 e. The Morgan fingerprint density at radius 2 is 1.95 bits per heavy atom. The van der Waals surface area contributed by atoms with Crippen LogP contribution in [-0.4, -0.2) is 46.3 Å². The Morgan fingerprint density at radius 3 is 2.45 bits per heavy atom. The van der Waals surface area contributed by atoms with Gasteiger partial charge in [0, 0.05) is 0 Å². The van der Waals surface area contributed by atoms with Gasteiger partial charge in [-0.25, -0.2) is 0 Å². The molecule has 2 heterocycles. The zero-order chi connectivity index (χ0) is 16.5. The lowest BCUT2D eigenvalue weighted by Gasteiger charge is -2.07. The summed E-state index contributed by atoms with van der Waals surface area (Å²) in [4.78, 5) is 17.4. The molecule has 22 heavy (non-hydrogen) atoms. The van der Waals surface area contributed by atoms with Gasteiger partial charge in [0.15, 0.2) is 16.8 Å². The van der Waals surface area contributed by atoms with Crippen LogP contribution in [0, 0.1) is 30.6 Å². The van der Waals surface area contributed by atoms with Gasteiger partial charge >= 0.3 is 11.6 Å². The summed E-state index contributed by atoms with van der Waals surface area (Å²) in [6.45, 7) is 0.406. The van der Waals surface area contributed by atoms with Crippen molar-refractivity contribution in [2.75, 3.05) is 0 Å². The molecule has 0 atom stereocenters. The van der Waals surface area contributed by atoms with Crippen LogP contribution in [-0.2, 0) is 0 Å². The van der Waals surface area contributed by atoms with Crippen molar-refractivity contribution in [1.82, 2.24) is 25.8 Å². The van der Waals surface area contributed by atoms with Crippen LogP contribution >= 0.6 is 0 Å². The molecule has 17 heteroatoms. The molecule has 2 aromatic heterocycles. The van der Waals surface area contributed by atoms with Crippen molar-refractivity contribution in [3.8, 4) is 11.5 Å². The zero-order valence-corrected chi connectivity index (χ0v) is 10.4. The quantitative estimate of drug-likeness (QED) is 0.163. The monoisotopic (exact) mass is 316 g/mol. The van der Waals surface area contributed by atoms with E-state index in [0.29, 0.717) is 6.92 Å². The van der Waals surface area contributed by atoms with Gasteiger partial charge in [0.25, 0.3) is 11.5 Å². The number of aromatic nitrogens is 6. The molecule has 0 fully saturated rings. The smallest absolute Gasteiger partial charge is 0.589 e. The summed E-state index contributed by atoms with van der Waals surface area (Å²) in [7, 11) is 0. The molecule has 0 spiro atoms. The first kappa shape index (κ1) is 14.6. The zero-order valence-electron chi connectivity index (χ0n) is 10.4. The van der Waals surface area contributed by atoms with E-state index in [-0.39, 0.29) is 4.90 Å². The lowest BCUT2D eigenvalue weighted by molar-refractivity contribution is -0.975. The summed E-state index contributed by atoms with van der Waals surface area (Å²) in [5, 5.41) is 62.4. The third-order valence-electron chi connectivity index (χ3n) is 2.39. The summed E-state index contributed by atoms with van der Waals surface area (Å²) in [6.07, 6.45) is 0. The summed E-state index contributed by atoms with van der Waals surface area (Å²) >= 11 is 0. The molecule has 0 bridgehead atoms. The second kappa shape index (κ2) is 4.96. The fraction of sp³-hybridized carbons (Fsp3) is 0.400. The van der Waals surface area contributed by atoms with Gasteiger partial charge in [-0.15, -0.1) is 10.2 Å². The van der Waals surface area contributed by atoms with E-state index in [0.717, 1.165) is 0 Å². The van der Waals surface area contributed by atoms with E-state index in [1.54, 1.807) is 0 Å². The summed E-state index contributed by atoms with van der Waals surface area (Å²) in [5.74, 6) is -4.53. The van der Waals surface area contributed by atoms with E-state index in [1.807, 2.05) is 5.21 Å². The number of hydrogen-bond donors (Lipinski definition) is 1. The number of rotatable bonds is 5. The number of hydroxylamine groups is 1. The highest BCUT2D eigenvalue weighted by molar-refractivity contribution is 5.57. The van der Waals surface area contributed by atoms with Crippen LogP contribution in [0.2, 0.25) is 0 Å². The molecule has 0 amide bonds. The second-order valence-electron chi connectivity index (χ2n) is 3.70. The fourth-order valence-corrected chi connectivity index (χ4v) is 1.14. The molecule has 1 N–H and O–H groups in total. The molecule has 0 saturated heterocycles. The highest BCUT2D eigenvalue weighted by atomic mass is 16.8. The topological polar surface area (TPSA) is 232 Å². The molecular formula is C5H4N10O7. The van der Waals surface area contributed by atoms with Gasteiger partial charge in [-0.05, 0) is 10.1 Å². The number of tetrazole rings is 1. The first-order chi connectivity index (χ1) is 10.3. The molecule has 116 valence electrons. The van der Waals surface area contributed by atoms with Crippen molar-refractivity contribution in [2.24, 2.45) is 5.11 Å². The number of azo groups is 1. The van der Waals surface area contributed by atoms with Gasteiger partial charge < -0.3 is 10.4 Å². The predicted octanol–water partition coefficient (Wildman–Crippen LogP) is -1.69. The van der Waals surface area contributed by atoms with Crippen molar-refractivity contribution in [3.63, 3.8) is 0 Å². The van der Waals surface area contributed by atoms with Gasteiger partial charge in [0.1, 0.15) is 0 Å². The average Bonchev–Trinajstić information content (AvgIpc) is 3.07. The minimum absolute atomic E-state index is 0.257. The first-order valence-corrected chi connectivity index (χ1v) is 5.10. The largest absolute Gasteiger partial charge is 0.678 e. The van der Waals surface area contributed by atoms with Crippen LogP contribution in [0.5, 0.6) is 0 Å². The molecule has 2 aromatic rings.